The first-order valence-corrected chi connectivity index (χ1v) is 6.51. The van der Waals surface area contributed by atoms with Crippen LogP contribution in [0.1, 0.15) is 25.6 Å². The van der Waals surface area contributed by atoms with Crippen molar-refractivity contribution in [3.8, 4) is 0 Å². The van der Waals surface area contributed by atoms with Crippen LogP contribution in [0.3, 0.4) is 0 Å². The predicted octanol–water partition coefficient (Wildman–Crippen LogP) is 3.37. The van der Waals surface area contributed by atoms with Gasteiger partial charge in [0.15, 0.2) is 0 Å². The van der Waals surface area contributed by atoms with E-state index in [1.165, 1.54) is 0 Å². The van der Waals surface area contributed by atoms with Crippen LogP contribution in [0.4, 0.5) is 0 Å². The molecule has 18 heavy (non-hydrogen) atoms. The topological polar surface area (TPSA) is 45.4 Å². The standard InChI is InChI=1S/C14H18ClNO2/c1-9(8-17)7-16-10(2)14-6-11-5-12(15)3-4-13(11)18-14/h3-6,9-10,16-17H,7-8H2,1-2H3. The summed E-state index contributed by atoms with van der Waals surface area (Å²) in [5.41, 5.74) is 0.846. The summed E-state index contributed by atoms with van der Waals surface area (Å²) in [6.45, 7) is 4.99. The molecule has 2 rings (SSSR count). The summed E-state index contributed by atoms with van der Waals surface area (Å²) in [5, 5.41) is 14.1. The maximum absolute atomic E-state index is 8.99. The van der Waals surface area contributed by atoms with Gasteiger partial charge in [0.2, 0.25) is 0 Å². The van der Waals surface area contributed by atoms with Crippen LogP contribution in [-0.2, 0) is 0 Å². The molecule has 0 spiro atoms. The Labute approximate surface area is 112 Å². The fourth-order valence-corrected chi connectivity index (χ4v) is 1.97. The Kier molecular flexibility index (Phi) is 4.27. The molecule has 0 aliphatic heterocycles. The number of hydrogen-bond donors (Lipinski definition) is 2. The molecule has 0 aliphatic rings. The molecule has 0 saturated carbocycles. The van der Waals surface area contributed by atoms with Crippen molar-refractivity contribution >= 4 is 22.6 Å². The molecule has 98 valence electrons. The van der Waals surface area contributed by atoms with Gasteiger partial charge in [-0.15, -0.1) is 0 Å². The minimum Gasteiger partial charge on any atom is -0.459 e. The largest absolute Gasteiger partial charge is 0.459 e. The molecule has 1 aromatic heterocycles. The quantitative estimate of drug-likeness (QED) is 0.873. The second-order valence-electron chi connectivity index (χ2n) is 4.75. The van der Waals surface area contributed by atoms with Gasteiger partial charge in [-0.1, -0.05) is 18.5 Å². The van der Waals surface area contributed by atoms with E-state index in [0.717, 1.165) is 23.3 Å². The zero-order valence-electron chi connectivity index (χ0n) is 10.6. The van der Waals surface area contributed by atoms with E-state index < -0.39 is 0 Å². The Bertz CT molecular complexity index is 523. The highest BCUT2D eigenvalue weighted by Crippen LogP contribution is 2.26. The maximum Gasteiger partial charge on any atom is 0.134 e. The zero-order valence-corrected chi connectivity index (χ0v) is 11.4. The second kappa shape index (κ2) is 5.74. The predicted molar refractivity (Wildman–Crippen MR) is 73.9 cm³/mol. The second-order valence-corrected chi connectivity index (χ2v) is 5.19. The monoisotopic (exact) mass is 267 g/mol. The van der Waals surface area contributed by atoms with Crippen LogP contribution in [0, 0.1) is 5.92 Å². The molecule has 0 bridgehead atoms. The van der Waals surface area contributed by atoms with Gasteiger partial charge in [0, 0.05) is 23.6 Å². The molecule has 0 aliphatic carbocycles. The normalized spacial score (nSPS) is 14.9. The summed E-state index contributed by atoms with van der Waals surface area (Å²) >= 11 is 5.94. The fourth-order valence-electron chi connectivity index (χ4n) is 1.79. The van der Waals surface area contributed by atoms with E-state index in [0.29, 0.717) is 5.02 Å². The van der Waals surface area contributed by atoms with Crippen LogP contribution in [-0.4, -0.2) is 18.3 Å². The number of furan rings is 1. The lowest BCUT2D eigenvalue weighted by atomic mass is 10.1. The van der Waals surface area contributed by atoms with Gasteiger partial charge in [-0.05, 0) is 37.1 Å². The van der Waals surface area contributed by atoms with Crippen molar-refractivity contribution in [2.45, 2.75) is 19.9 Å². The number of aliphatic hydroxyl groups excluding tert-OH is 1. The van der Waals surface area contributed by atoms with E-state index in [4.69, 9.17) is 21.1 Å². The number of nitrogens with one attached hydrogen (secondary N) is 1. The van der Waals surface area contributed by atoms with Crippen molar-refractivity contribution in [2.24, 2.45) is 5.92 Å². The Morgan fingerprint density at radius 2 is 2.11 bits per heavy atom. The van der Waals surface area contributed by atoms with Crippen LogP contribution in [0.5, 0.6) is 0 Å². The third-order valence-corrected chi connectivity index (χ3v) is 3.24. The van der Waals surface area contributed by atoms with Crippen LogP contribution < -0.4 is 5.32 Å². The summed E-state index contributed by atoms with van der Waals surface area (Å²) in [4.78, 5) is 0. The average molecular weight is 268 g/mol. The molecule has 0 saturated heterocycles. The fraction of sp³-hybridized carbons (Fsp3) is 0.429. The minimum atomic E-state index is 0.116. The molecular weight excluding hydrogens is 250 g/mol. The SMILES string of the molecule is CC(CO)CNC(C)c1cc2cc(Cl)ccc2o1. The third-order valence-electron chi connectivity index (χ3n) is 3.01. The zero-order chi connectivity index (χ0) is 13.1. The molecule has 0 amide bonds. The van der Waals surface area contributed by atoms with Crippen molar-refractivity contribution in [1.29, 1.82) is 0 Å². The van der Waals surface area contributed by atoms with E-state index >= 15 is 0 Å². The van der Waals surface area contributed by atoms with Gasteiger partial charge in [-0.25, -0.2) is 0 Å². The molecule has 2 aromatic rings. The molecule has 1 aromatic carbocycles. The Morgan fingerprint density at radius 3 is 2.83 bits per heavy atom. The minimum absolute atomic E-state index is 0.116. The Balaban J connectivity index is 2.10. The van der Waals surface area contributed by atoms with Gasteiger partial charge in [0.1, 0.15) is 11.3 Å². The van der Waals surface area contributed by atoms with Crippen molar-refractivity contribution < 1.29 is 9.52 Å². The number of rotatable bonds is 5. The molecule has 3 nitrogen and oxygen atoms in total. The molecule has 0 radical (unpaired) electrons. The number of fused-ring (bicyclic) bond motifs is 1. The Morgan fingerprint density at radius 1 is 1.33 bits per heavy atom. The van der Waals surface area contributed by atoms with Crippen LogP contribution in [0.2, 0.25) is 5.02 Å². The van der Waals surface area contributed by atoms with E-state index in [9.17, 15) is 0 Å². The van der Waals surface area contributed by atoms with Gasteiger partial charge < -0.3 is 14.8 Å². The van der Waals surface area contributed by atoms with Crippen molar-refractivity contribution in [3.63, 3.8) is 0 Å². The van der Waals surface area contributed by atoms with Crippen molar-refractivity contribution in [2.75, 3.05) is 13.2 Å². The van der Waals surface area contributed by atoms with Crippen LogP contribution in [0.15, 0.2) is 28.7 Å². The molecule has 4 heteroatoms. The van der Waals surface area contributed by atoms with E-state index in [2.05, 4.69) is 5.32 Å². The lowest BCUT2D eigenvalue weighted by Gasteiger charge is -2.14. The molecule has 1 heterocycles. The Hall–Kier alpha value is -1.03. The van der Waals surface area contributed by atoms with E-state index in [1.807, 2.05) is 38.1 Å². The lowest BCUT2D eigenvalue weighted by molar-refractivity contribution is 0.229. The summed E-state index contributed by atoms with van der Waals surface area (Å²) in [5.74, 6) is 1.13. The number of halogens is 1. The highest BCUT2D eigenvalue weighted by molar-refractivity contribution is 6.31. The lowest BCUT2D eigenvalue weighted by Crippen LogP contribution is -2.25. The smallest absolute Gasteiger partial charge is 0.134 e. The first-order chi connectivity index (χ1) is 8.60. The third kappa shape index (κ3) is 3.05. The van der Waals surface area contributed by atoms with Gasteiger partial charge >= 0.3 is 0 Å². The van der Waals surface area contributed by atoms with Crippen molar-refractivity contribution in [1.82, 2.24) is 5.32 Å². The van der Waals surface area contributed by atoms with Gasteiger partial charge in [-0.3, -0.25) is 0 Å². The molecular formula is C14H18ClNO2. The summed E-state index contributed by atoms with van der Waals surface area (Å²) in [6.07, 6.45) is 0. The van der Waals surface area contributed by atoms with Crippen molar-refractivity contribution in [3.05, 3.63) is 35.0 Å². The van der Waals surface area contributed by atoms with Crippen LogP contribution >= 0.6 is 11.6 Å². The summed E-state index contributed by atoms with van der Waals surface area (Å²) in [6, 6.07) is 7.72. The number of aliphatic hydroxyl groups is 1. The summed E-state index contributed by atoms with van der Waals surface area (Å²) in [7, 11) is 0. The van der Waals surface area contributed by atoms with Gasteiger partial charge in [-0.2, -0.15) is 0 Å². The number of hydrogen-bond acceptors (Lipinski definition) is 3. The highest BCUT2D eigenvalue weighted by atomic mass is 35.5. The van der Waals surface area contributed by atoms with E-state index in [1.54, 1.807) is 0 Å². The summed E-state index contributed by atoms with van der Waals surface area (Å²) < 4.78 is 5.77. The average Bonchev–Trinajstić information content (AvgIpc) is 2.78. The highest BCUT2D eigenvalue weighted by Gasteiger charge is 2.12. The molecule has 2 unspecified atom stereocenters. The molecule has 0 fully saturated rings. The maximum atomic E-state index is 8.99. The number of benzene rings is 1. The van der Waals surface area contributed by atoms with Gasteiger partial charge in [0.05, 0.1) is 6.04 Å². The molecule has 2 N–H and O–H groups in total. The molecule has 2 atom stereocenters. The van der Waals surface area contributed by atoms with E-state index in [-0.39, 0.29) is 18.6 Å². The first-order valence-electron chi connectivity index (χ1n) is 6.13. The first kappa shape index (κ1) is 13.4. The van der Waals surface area contributed by atoms with Gasteiger partial charge in [0.25, 0.3) is 0 Å². The van der Waals surface area contributed by atoms with Crippen LogP contribution in [0.25, 0.3) is 11.0 Å².